The van der Waals surface area contributed by atoms with Crippen molar-refractivity contribution in [1.82, 2.24) is 4.98 Å². The molecule has 1 saturated carbocycles. The Hall–Kier alpha value is -0.700. The molecule has 2 heterocycles. The van der Waals surface area contributed by atoms with Crippen molar-refractivity contribution in [3.63, 3.8) is 0 Å². The predicted octanol–water partition coefficient (Wildman–Crippen LogP) is 4.19. The van der Waals surface area contributed by atoms with Gasteiger partial charge in [0.1, 0.15) is 10.4 Å². The molecule has 16 heavy (non-hydrogen) atoms. The molecule has 0 atom stereocenters. The Morgan fingerprint density at radius 3 is 2.75 bits per heavy atom. The monoisotopic (exact) mass is 310 g/mol. The van der Waals surface area contributed by atoms with Crippen LogP contribution in [0.4, 0.5) is 0 Å². The summed E-state index contributed by atoms with van der Waals surface area (Å²) in [4.78, 5) is 5.74. The summed E-state index contributed by atoms with van der Waals surface area (Å²) in [5.41, 5.74) is 0.745. The summed E-state index contributed by atoms with van der Waals surface area (Å²) in [6, 6.07) is 4.45. The highest BCUT2D eigenvalue weighted by Gasteiger charge is 2.47. The van der Waals surface area contributed by atoms with E-state index in [1.54, 1.807) is 22.7 Å². The molecule has 0 spiro atoms. The minimum atomic E-state index is -0.253. The predicted molar refractivity (Wildman–Crippen MR) is 69.7 cm³/mol. The molecule has 1 aliphatic rings. The minimum absolute atomic E-state index is 0.253. The van der Waals surface area contributed by atoms with Crippen LogP contribution in [0.3, 0.4) is 0 Å². The van der Waals surface area contributed by atoms with Crippen molar-refractivity contribution in [2.45, 2.75) is 18.3 Å². The van der Waals surface area contributed by atoms with Gasteiger partial charge in [-0.15, -0.1) is 22.7 Å². The van der Waals surface area contributed by atoms with Crippen molar-refractivity contribution in [3.8, 4) is 16.6 Å². The van der Waals surface area contributed by atoms with E-state index in [2.05, 4.69) is 33.0 Å². The summed E-state index contributed by atoms with van der Waals surface area (Å²) in [6.45, 7) is 0. The van der Waals surface area contributed by atoms with Crippen LogP contribution in [0.2, 0.25) is 0 Å². The average Bonchev–Trinajstić information content (AvgIpc) is 2.74. The number of hydrogen-bond donors (Lipinski definition) is 0. The molecule has 80 valence electrons. The first-order valence-corrected chi connectivity index (χ1v) is 7.40. The van der Waals surface area contributed by atoms with Crippen molar-refractivity contribution in [2.75, 3.05) is 0 Å². The molecular formula is C11H7BrN2S2. The minimum Gasteiger partial charge on any atom is -0.239 e. The first-order valence-electron chi connectivity index (χ1n) is 4.85. The lowest BCUT2D eigenvalue weighted by atomic mass is 10.1. The fourth-order valence-electron chi connectivity index (χ4n) is 1.55. The summed E-state index contributed by atoms with van der Waals surface area (Å²) in [6.07, 6.45) is 1.93. The molecule has 0 aromatic carbocycles. The van der Waals surface area contributed by atoms with Crippen LogP contribution in [0.25, 0.3) is 10.6 Å². The van der Waals surface area contributed by atoms with Crippen LogP contribution >= 0.6 is 38.6 Å². The largest absolute Gasteiger partial charge is 0.239 e. The van der Waals surface area contributed by atoms with Gasteiger partial charge in [0, 0.05) is 15.2 Å². The Balaban J connectivity index is 1.97. The molecule has 2 nitrogen and oxygen atoms in total. The quantitative estimate of drug-likeness (QED) is 0.834. The molecule has 0 radical (unpaired) electrons. The van der Waals surface area contributed by atoms with Crippen molar-refractivity contribution in [1.29, 1.82) is 5.26 Å². The molecule has 3 rings (SSSR count). The van der Waals surface area contributed by atoms with Crippen LogP contribution in [-0.2, 0) is 5.41 Å². The lowest BCUT2D eigenvalue weighted by molar-refractivity contribution is 0.892. The van der Waals surface area contributed by atoms with Gasteiger partial charge in [0.05, 0.1) is 16.6 Å². The molecule has 1 fully saturated rings. The van der Waals surface area contributed by atoms with Gasteiger partial charge in [-0.2, -0.15) is 5.26 Å². The maximum absolute atomic E-state index is 9.11. The van der Waals surface area contributed by atoms with E-state index < -0.39 is 0 Å². The number of rotatable bonds is 2. The zero-order valence-corrected chi connectivity index (χ0v) is 11.5. The number of nitriles is 1. The molecular weight excluding hydrogens is 304 g/mol. The highest BCUT2D eigenvalue weighted by Crippen LogP contribution is 2.49. The van der Waals surface area contributed by atoms with Crippen LogP contribution in [-0.4, -0.2) is 4.98 Å². The normalized spacial score (nSPS) is 17.0. The van der Waals surface area contributed by atoms with Crippen molar-refractivity contribution in [2.24, 2.45) is 0 Å². The number of nitrogens with zero attached hydrogens (tertiary/aromatic N) is 2. The molecule has 0 aliphatic heterocycles. The molecule has 2 aromatic heterocycles. The first kappa shape index (κ1) is 10.5. The number of thiazole rings is 1. The third-order valence-corrected chi connectivity index (χ3v) is 5.46. The Bertz CT molecular complexity index is 575. The molecule has 0 saturated heterocycles. The van der Waals surface area contributed by atoms with Crippen molar-refractivity contribution < 1.29 is 0 Å². The Morgan fingerprint density at radius 1 is 1.38 bits per heavy atom. The standard InChI is InChI=1S/C11H7BrN2S2/c12-7-3-9(15-4-7)8-5-16-10(14-8)11(6-13)1-2-11/h3-5H,1-2H2. The van der Waals surface area contributed by atoms with Gasteiger partial charge >= 0.3 is 0 Å². The number of aromatic nitrogens is 1. The van der Waals surface area contributed by atoms with E-state index in [-0.39, 0.29) is 5.41 Å². The van der Waals surface area contributed by atoms with Gasteiger partial charge in [0.2, 0.25) is 0 Å². The molecule has 0 bridgehead atoms. The van der Waals surface area contributed by atoms with E-state index in [0.29, 0.717) is 0 Å². The fourth-order valence-corrected chi connectivity index (χ4v) is 4.05. The second-order valence-corrected chi connectivity index (χ2v) is 6.55. The maximum atomic E-state index is 9.11. The Kier molecular flexibility index (Phi) is 2.39. The highest BCUT2D eigenvalue weighted by molar-refractivity contribution is 9.10. The fraction of sp³-hybridized carbons (Fsp3) is 0.273. The number of hydrogen-bond acceptors (Lipinski definition) is 4. The van der Waals surface area contributed by atoms with Gasteiger partial charge in [0.25, 0.3) is 0 Å². The first-order chi connectivity index (χ1) is 7.73. The van der Waals surface area contributed by atoms with Gasteiger partial charge in [-0.3, -0.25) is 0 Å². The SMILES string of the molecule is N#CC1(c2nc(-c3cc(Br)cs3)cs2)CC1. The van der Waals surface area contributed by atoms with Crippen molar-refractivity contribution >= 4 is 38.6 Å². The molecule has 5 heteroatoms. The molecule has 1 aliphatic carbocycles. The van der Waals surface area contributed by atoms with E-state index in [1.807, 2.05) is 10.8 Å². The van der Waals surface area contributed by atoms with Gasteiger partial charge in [-0.05, 0) is 34.8 Å². The molecule has 2 aromatic rings. The third-order valence-electron chi connectivity index (χ3n) is 2.70. The molecule has 0 N–H and O–H groups in total. The molecule has 0 amide bonds. The second-order valence-electron chi connectivity index (χ2n) is 3.86. The van der Waals surface area contributed by atoms with Gasteiger partial charge in [0.15, 0.2) is 0 Å². The Morgan fingerprint density at radius 2 is 2.19 bits per heavy atom. The lowest BCUT2D eigenvalue weighted by Crippen LogP contribution is -2.00. The van der Waals surface area contributed by atoms with Crippen LogP contribution in [0.5, 0.6) is 0 Å². The molecule has 0 unspecified atom stereocenters. The summed E-state index contributed by atoms with van der Waals surface area (Å²) < 4.78 is 1.09. The van der Waals surface area contributed by atoms with Crippen LogP contribution in [0.15, 0.2) is 21.3 Å². The zero-order chi connectivity index (χ0) is 11.2. The number of halogens is 1. The zero-order valence-electron chi connectivity index (χ0n) is 8.24. The summed E-state index contributed by atoms with van der Waals surface area (Å²) >= 11 is 6.71. The smallest absolute Gasteiger partial charge is 0.114 e. The Labute approximate surface area is 110 Å². The van der Waals surface area contributed by atoms with Gasteiger partial charge in [-0.25, -0.2) is 4.98 Å². The van der Waals surface area contributed by atoms with E-state index >= 15 is 0 Å². The van der Waals surface area contributed by atoms with Crippen LogP contribution < -0.4 is 0 Å². The van der Waals surface area contributed by atoms with Crippen molar-refractivity contribution in [3.05, 3.63) is 26.3 Å². The second kappa shape index (κ2) is 3.66. The number of thiophene rings is 1. The van der Waals surface area contributed by atoms with Gasteiger partial charge < -0.3 is 0 Å². The van der Waals surface area contributed by atoms with E-state index in [0.717, 1.165) is 32.9 Å². The summed E-state index contributed by atoms with van der Waals surface area (Å²) in [7, 11) is 0. The maximum Gasteiger partial charge on any atom is 0.114 e. The van der Waals surface area contributed by atoms with E-state index in [9.17, 15) is 0 Å². The summed E-state index contributed by atoms with van der Waals surface area (Å²) in [5, 5.41) is 14.2. The topological polar surface area (TPSA) is 36.7 Å². The summed E-state index contributed by atoms with van der Waals surface area (Å²) in [5.74, 6) is 0. The van der Waals surface area contributed by atoms with E-state index in [4.69, 9.17) is 5.26 Å². The van der Waals surface area contributed by atoms with Crippen LogP contribution in [0, 0.1) is 11.3 Å². The van der Waals surface area contributed by atoms with Gasteiger partial charge in [-0.1, -0.05) is 0 Å². The lowest BCUT2D eigenvalue weighted by Gasteiger charge is -1.97. The van der Waals surface area contributed by atoms with E-state index in [1.165, 1.54) is 0 Å². The highest BCUT2D eigenvalue weighted by atomic mass is 79.9. The average molecular weight is 311 g/mol. The third kappa shape index (κ3) is 1.61. The van der Waals surface area contributed by atoms with Crippen LogP contribution in [0.1, 0.15) is 17.8 Å².